The number of nitriles is 1. The quantitative estimate of drug-likeness (QED) is 0.629. The van der Waals surface area contributed by atoms with Crippen LogP contribution in [0.5, 0.6) is 0 Å². The molecule has 7 nitrogen and oxygen atoms in total. The summed E-state index contributed by atoms with van der Waals surface area (Å²) in [6, 6.07) is 4.61. The summed E-state index contributed by atoms with van der Waals surface area (Å²) in [5, 5.41) is 14.7. The van der Waals surface area contributed by atoms with Gasteiger partial charge < -0.3 is 9.72 Å². The topological polar surface area (TPSA) is 96.6 Å². The number of nitrogens with zero attached hydrogens (tertiary/aromatic N) is 4. The predicted molar refractivity (Wildman–Crippen MR) is 99.9 cm³/mol. The van der Waals surface area contributed by atoms with Crippen LogP contribution in [0.3, 0.4) is 0 Å². The van der Waals surface area contributed by atoms with Crippen LogP contribution in [-0.4, -0.2) is 38.0 Å². The fourth-order valence-electron chi connectivity index (χ4n) is 4.11. The van der Waals surface area contributed by atoms with Crippen molar-refractivity contribution in [3.63, 3.8) is 0 Å². The monoisotopic (exact) mass is 417 g/mol. The van der Waals surface area contributed by atoms with Crippen molar-refractivity contribution in [2.24, 2.45) is 5.92 Å². The minimum Gasteiger partial charge on any atom is -0.438 e. The summed E-state index contributed by atoms with van der Waals surface area (Å²) in [7, 11) is 0. The summed E-state index contributed by atoms with van der Waals surface area (Å²) in [5.74, 6) is -2.49. The van der Waals surface area contributed by atoms with Gasteiger partial charge in [-0.2, -0.15) is 23.5 Å². The molecular formula is C20H18F3N5O2. The molecule has 0 radical (unpaired) electrons. The van der Waals surface area contributed by atoms with Crippen molar-refractivity contribution in [2.45, 2.75) is 44.0 Å². The van der Waals surface area contributed by atoms with Crippen molar-refractivity contribution in [3.8, 4) is 17.2 Å². The Morgan fingerprint density at radius 3 is 2.80 bits per heavy atom. The number of fused-ring (bicyclic) bond motifs is 1. The number of ether oxygens (including phenoxy) is 1. The summed E-state index contributed by atoms with van der Waals surface area (Å²) in [4.78, 5) is 18.7. The van der Waals surface area contributed by atoms with Crippen molar-refractivity contribution in [1.29, 1.82) is 5.26 Å². The molecule has 3 heterocycles. The van der Waals surface area contributed by atoms with Crippen LogP contribution in [-0.2, 0) is 9.53 Å². The van der Waals surface area contributed by atoms with Crippen molar-refractivity contribution in [3.05, 3.63) is 36.9 Å². The average Bonchev–Trinajstić information content (AvgIpc) is 3.47. The maximum Gasteiger partial charge on any atom is 0.490 e. The van der Waals surface area contributed by atoms with E-state index in [1.54, 1.807) is 30.9 Å². The molecule has 1 saturated carbocycles. The number of esters is 1. The number of H-pyrrole nitrogens is 1. The molecule has 0 aromatic carbocycles. The van der Waals surface area contributed by atoms with Gasteiger partial charge in [-0.15, -0.1) is 0 Å². The van der Waals surface area contributed by atoms with Gasteiger partial charge in [0.05, 0.1) is 6.20 Å². The zero-order chi connectivity index (χ0) is 21.3. The van der Waals surface area contributed by atoms with E-state index >= 15 is 0 Å². The van der Waals surface area contributed by atoms with Crippen LogP contribution in [0.2, 0.25) is 0 Å². The average molecular weight is 417 g/mol. The van der Waals surface area contributed by atoms with E-state index in [4.69, 9.17) is 0 Å². The molecule has 3 aromatic heterocycles. The number of pyridine rings is 1. The van der Waals surface area contributed by atoms with Gasteiger partial charge in [0.2, 0.25) is 6.10 Å². The first-order valence-electron chi connectivity index (χ1n) is 9.52. The predicted octanol–water partition coefficient (Wildman–Crippen LogP) is 4.16. The Hall–Kier alpha value is -3.35. The van der Waals surface area contributed by atoms with E-state index in [1.165, 1.54) is 4.68 Å². The van der Waals surface area contributed by atoms with E-state index in [1.807, 2.05) is 12.1 Å². The molecule has 1 fully saturated rings. The molecule has 1 N–H and O–H groups in total. The molecule has 0 saturated heterocycles. The number of halogens is 3. The molecule has 0 amide bonds. The Morgan fingerprint density at radius 1 is 1.33 bits per heavy atom. The second-order valence-electron chi connectivity index (χ2n) is 7.30. The van der Waals surface area contributed by atoms with Crippen LogP contribution >= 0.6 is 0 Å². The fraction of sp³-hybridized carbons (Fsp3) is 0.400. The lowest BCUT2D eigenvalue weighted by atomic mass is 9.93. The number of hydrogen-bond acceptors (Lipinski definition) is 5. The Bertz CT molecular complexity index is 1090. The van der Waals surface area contributed by atoms with Gasteiger partial charge in [0.1, 0.15) is 17.8 Å². The molecule has 0 spiro atoms. The van der Waals surface area contributed by atoms with Crippen LogP contribution < -0.4 is 0 Å². The van der Waals surface area contributed by atoms with Crippen molar-refractivity contribution < 1.29 is 22.7 Å². The Morgan fingerprint density at radius 2 is 2.10 bits per heavy atom. The summed E-state index contributed by atoms with van der Waals surface area (Å²) in [6.45, 7) is 0. The van der Waals surface area contributed by atoms with Gasteiger partial charge in [0.25, 0.3) is 0 Å². The number of alkyl halides is 3. The van der Waals surface area contributed by atoms with Gasteiger partial charge in [0.15, 0.2) is 0 Å². The number of carbonyl (C=O) groups is 1. The van der Waals surface area contributed by atoms with E-state index in [9.17, 15) is 23.2 Å². The molecule has 3 aromatic rings. The molecule has 4 rings (SSSR count). The van der Waals surface area contributed by atoms with Gasteiger partial charge in [-0.1, -0.05) is 12.8 Å². The summed E-state index contributed by atoms with van der Waals surface area (Å²) < 4.78 is 44.2. The van der Waals surface area contributed by atoms with Gasteiger partial charge in [0, 0.05) is 29.5 Å². The Balaban J connectivity index is 1.69. The van der Waals surface area contributed by atoms with Crippen LogP contribution in [0.1, 0.15) is 31.7 Å². The molecule has 1 unspecified atom stereocenters. The minimum absolute atomic E-state index is 0.117. The second kappa shape index (κ2) is 7.82. The molecule has 0 aliphatic heterocycles. The van der Waals surface area contributed by atoms with Crippen LogP contribution in [0, 0.1) is 17.2 Å². The van der Waals surface area contributed by atoms with Crippen molar-refractivity contribution in [2.75, 3.05) is 0 Å². The third kappa shape index (κ3) is 3.75. The Kier molecular flexibility index (Phi) is 5.20. The zero-order valence-corrected chi connectivity index (χ0v) is 15.8. The van der Waals surface area contributed by atoms with Gasteiger partial charge in [-0.25, -0.2) is 9.78 Å². The first-order chi connectivity index (χ1) is 14.4. The lowest BCUT2D eigenvalue weighted by Gasteiger charge is -2.27. The van der Waals surface area contributed by atoms with E-state index in [-0.39, 0.29) is 5.92 Å². The molecule has 1 aliphatic carbocycles. The first-order valence-corrected chi connectivity index (χ1v) is 9.52. The standard InChI is InChI=1S/C20H18F3N5O2/c21-20(22,23)19(29)30-16(9-24)17(12-3-1-2-4-12)28-11-13(10-27-28)14-5-7-25-18-15(14)6-8-26-18/h5-8,10-12,16-17H,1-4H2,(H,25,26)/t16?,17-/m1/s1. The number of carbonyl (C=O) groups excluding carboxylic acids is 1. The maximum atomic E-state index is 12.7. The zero-order valence-electron chi connectivity index (χ0n) is 15.8. The summed E-state index contributed by atoms with van der Waals surface area (Å²) in [5.41, 5.74) is 2.27. The highest BCUT2D eigenvalue weighted by atomic mass is 19.4. The number of aromatic nitrogens is 4. The summed E-state index contributed by atoms with van der Waals surface area (Å²) in [6.07, 6.45) is 3.14. The van der Waals surface area contributed by atoms with Gasteiger partial charge in [-0.05, 0) is 36.5 Å². The van der Waals surface area contributed by atoms with E-state index < -0.39 is 24.3 Å². The van der Waals surface area contributed by atoms with E-state index in [0.29, 0.717) is 5.65 Å². The number of hydrogen-bond donors (Lipinski definition) is 1. The maximum absolute atomic E-state index is 12.7. The summed E-state index contributed by atoms with van der Waals surface area (Å²) >= 11 is 0. The number of aromatic amines is 1. The molecular weight excluding hydrogens is 399 g/mol. The lowest BCUT2D eigenvalue weighted by molar-refractivity contribution is -0.204. The fourth-order valence-corrected chi connectivity index (χ4v) is 4.11. The molecule has 10 heteroatoms. The third-order valence-corrected chi connectivity index (χ3v) is 5.46. The highest BCUT2D eigenvalue weighted by molar-refractivity contribution is 5.92. The minimum atomic E-state index is -5.17. The van der Waals surface area contributed by atoms with Crippen molar-refractivity contribution >= 4 is 17.0 Å². The van der Waals surface area contributed by atoms with E-state index in [2.05, 4.69) is 19.8 Å². The van der Waals surface area contributed by atoms with Gasteiger partial charge >= 0.3 is 12.1 Å². The normalized spacial score (nSPS) is 17.0. The Labute approximate surface area is 169 Å². The largest absolute Gasteiger partial charge is 0.490 e. The highest BCUT2D eigenvalue weighted by Crippen LogP contribution is 2.38. The molecule has 0 bridgehead atoms. The van der Waals surface area contributed by atoms with Gasteiger partial charge in [-0.3, -0.25) is 4.68 Å². The van der Waals surface area contributed by atoms with Crippen LogP contribution in [0.25, 0.3) is 22.2 Å². The molecule has 156 valence electrons. The molecule has 30 heavy (non-hydrogen) atoms. The van der Waals surface area contributed by atoms with E-state index in [0.717, 1.165) is 42.2 Å². The third-order valence-electron chi connectivity index (χ3n) is 5.46. The van der Waals surface area contributed by atoms with Crippen LogP contribution in [0.4, 0.5) is 13.2 Å². The van der Waals surface area contributed by atoms with Crippen molar-refractivity contribution in [1.82, 2.24) is 19.7 Å². The smallest absolute Gasteiger partial charge is 0.438 e. The highest BCUT2D eigenvalue weighted by Gasteiger charge is 2.45. The SMILES string of the molecule is N#CC(OC(=O)C(F)(F)F)[C@@H](C1CCCC1)n1cc(-c2ccnc3[nH]ccc23)cn1. The van der Waals surface area contributed by atoms with Crippen LogP contribution in [0.15, 0.2) is 36.9 Å². The first kappa shape index (κ1) is 19.9. The second-order valence-corrected chi connectivity index (χ2v) is 7.30. The lowest BCUT2D eigenvalue weighted by Crippen LogP contribution is -2.37. The number of rotatable bonds is 5. The molecule has 2 atom stereocenters. The number of nitrogens with one attached hydrogen (secondary N) is 1. The molecule has 1 aliphatic rings.